The van der Waals surface area contributed by atoms with E-state index in [0.717, 1.165) is 25.7 Å². The lowest BCUT2D eigenvalue weighted by Gasteiger charge is -2.31. The first kappa shape index (κ1) is 13.7. The first-order chi connectivity index (χ1) is 8.08. The molecule has 2 aliphatic rings. The zero-order valence-electron chi connectivity index (χ0n) is 9.77. The van der Waals surface area contributed by atoms with Crippen LogP contribution in [0.25, 0.3) is 0 Å². The lowest BCUT2D eigenvalue weighted by Crippen LogP contribution is -2.50. The molecule has 0 aromatic rings. The Kier molecular flexibility index (Phi) is 4.82. The molecular weight excluding hydrogens is 308 g/mol. The molecular formula is C10H19BrN2O3S. The third kappa shape index (κ3) is 3.89. The molecule has 1 aliphatic heterocycles. The fourth-order valence-electron chi connectivity index (χ4n) is 2.24. The summed E-state index contributed by atoms with van der Waals surface area (Å²) in [6.07, 6.45) is 3.91. The smallest absolute Gasteiger partial charge is 0.279 e. The first-order valence-electron chi connectivity index (χ1n) is 6.07. The minimum absolute atomic E-state index is 0.0941. The molecule has 0 unspecified atom stereocenters. The Morgan fingerprint density at radius 3 is 2.29 bits per heavy atom. The van der Waals surface area contributed by atoms with Gasteiger partial charge in [0.2, 0.25) is 0 Å². The van der Waals surface area contributed by atoms with Crippen molar-refractivity contribution in [2.45, 2.75) is 36.6 Å². The van der Waals surface area contributed by atoms with E-state index in [4.69, 9.17) is 4.74 Å². The van der Waals surface area contributed by atoms with E-state index in [1.165, 1.54) is 4.31 Å². The van der Waals surface area contributed by atoms with Crippen molar-refractivity contribution in [1.82, 2.24) is 9.03 Å². The monoisotopic (exact) mass is 326 g/mol. The second kappa shape index (κ2) is 5.97. The molecule has 0 aromatic heterocycles. The largest absolute Gasteiger partial charge is 0.379 e. The molecule has 2 fully saturated rings. The average molecular weight is 327 g/mol. The Bertz CT molecular complexity index is 335. The predicted molar refractivity (Wildman–Crippen MR) is 69.4 cm³/mol. The highest BCUT2D eigenvalue weighted by Gasteiger charge is 2.28. The standard InChI is InChI=1S/C10H19BrN2O3S/c11-9-1-3-10(4-2-9)12-17(14,15)13-5-7-16-8-6-13/h9-10,12H,1-8H2. The number of halogens is 1. The molecule has 0 amide bonds. The van der Waals surface area contributed by atoms with Gasteiger partial charge in [-0.25, -0.2) is 0 Å². The van der Waals surface area contributed by atoms with Gasteiger partial charge in [-0.2, -0.15) is 17.4 Å². The maximum Gasteiger partial charge on any atom is 0.279 e. The summed E-state index contributed by atoms with van der Waals surface area (Å²) in [5.74, 6) is 0. The van der Waals surface area contributed by atoms with E-state index in [-0.39, 0.29) is 6.04 Å². The van der Waals surface area contributed by atoms with Crippen LogP contribution in [0.2, 0.25) is 0 Å². The van der Waals surface area contributed by atoms with Crippen LogP contribution in [-0.4, -0.2) is 49.9 Å². The van der Waals surface area contributed by atoms with Gasteiger partial charge >= 0.3 is 0 Å². The van der Waals surface area contributed by atoms with Crippen molar-refractivity contribution < 1.29 is 13.2 Å². The van der Waals surface area contributed by atoms with Crippen LogP contribution in [0.15, 0.2) is 0 Å². The van der Waals surface area contributed by atoms with E-state index in [0.29, 0.717) is 31.1 Å². The molecule has 2 rings (SSSR count). The van der Waals surface area contributed by atoms with Crippen LogP contribution in [-0.2, 0) is 14.9 Å². The zero-order valence-corrected chi connectivity index (χ0v) is 12.2. The second-order valence-electron chi connectivity index (χ2n) is 4.58. The lowest BCUT2D eigenvalue weighted by molar-refractivity contribution is 0.0722. The van der Waals surface area contributed by atoms with Crippen molar-refractivity contribution in [2.75, 3.05) is 26.3 Å². The van der Waals surface area contributed by atoms with Crippen LogP contribution in [0.1, 0.15) is 25.7 Å². The molecule has 1 heterocycles. The van der Waals surface area contributed by atoms with Crippen molar-refractivity contribution in [3.05, 3.63) is 0 Å². The summed E-state index contributed by atoms with van der Waals surface area (Å²) in [5, 5.41) is 0. The fourth-order valence-corrected chi connectivity index (χ4v) is 4.21. The number of nitrogens with one attached hydrogen (secondary N) is 1. The fraction of sp³-hybridized carbons (Fsp3) is 1.00. The van der Waals surface area contributed by atoms with Crippen LogP contribution < -0.4 is 4.72 Å². The van der Waals surface area contributed by atoms with Crippen LogP contribution in [0, 0.1) is 0 Å². The van der Waals surface area contributed by atoms with Gasteiger partial charge in [0.1, 0.15) is 0 Å². The second-order valence-corrected chi connectivity index (χ2v) is 7.58. The highest BCUT2D eigenvalue weighted by molar-refractivity contribution is 9.09. The number of alkyl halides is 1. The number of hydrogen-bond donors (Lipinski definition) is 1. The molecule has 0 atom stereocenters. The molecule has 1 N–H and O–H groups in total. The molecule has 100 valence electrons. The van der Waals surface area contributed by atoms with Crippen molar-refractivity contribution in [3.63, 3.8) is 0 Å². The van der Waals surface area contributed by atoms with Crippen molar-refractivity contribution in [3.8, 4) is 0 Å². The SMILES string of the molecule is O=S(=O)(NC1CCC(Br)CC1)N1CCOCC1. The number of morpholine rings is 1. The molecule has 0 bridgehead atoms. The summed E-state index contributed by atoms with van der Waals surface area (Å²) in [6.45, 7) is 1.91. The molecule has 1 saturated heterocycles. The number of rotatable bonds is 3. The zero-order chi connectivity index (χ0) is 12.3. The van der Waals surface area contributed by atoms with Gasteiger partial charge in [-0.05, 0) is 25.7 Å². The summed E-state index contributed by atoms with van der Waals surface area (Å²) in [7, 11) is -3.31. The van der Waals surface area contributed by atoms with Crippen LogP contribution >= 0.6 is 15.9 Å². The third-order valence-corrected chi connectivity index (χ3v) is 5.87. The topological polar surface area (TPSA) is 58.6 Å². The van der Waals surface area contributed by atoms with Crippen molar-refractivity contribution in [1.29, 1.82) is 0 Å². The molecule has 0 spiro atoms. The van der Waals surface area contributed by atoms with Gasteiger partial charge in [0, 0.05) is 24.0 Å². The number of nitrogens with zero attached hydrogens (tertiary/aromatic N) is 1. The Hall–Kier alpha value is 0.310. The summed E-state index contributed by atoms with van der Waals surface area (Å²) in [5.41, 5.74) is 0. The maximum absolute atomic E-state index is 12.1. The van der Waals surface area contributed by atoms with Gasteiger partial charge in [0.15, 0.2) is 0 Å². The predicted octanol–water partition coefficient (Wildman–Crippen LogP) is 0.859. The molecule has 0 aromatic carbocycles. The summed E-state index contributed by atoms with van der Waals surface area (Å²) >= 11 is 3.57. The van der Waals surface area contributed by atoms with E-state index in [1.54, 1.807) is 0 Å². The van der Waals surface area contributed by atoms with Crippen LogP contribution in [0.3, 0.4) is 0 Å². The van der Waals surface area contributed by atoms with Crippen molar-refractivity contribution >= 4 is 26.1 Å². The molecule has 7 heteroatoms. The van der Waals surface area contributed by atoms with Gasteiger partial charge in [-0.3, -0.25) is 0 Å². The summed E-state index contributed by atoms with van der Waals surface area (Å²) in [6, 6.07) is 0.0941. The average Bonchev–Trinajstić information content (AvgIpc) is 2.33. The molecule has 1 saturated carbocycles. The van der Waals surface area contributed by atoms with Gasteiger partial charge in [0.25, 0.3) is 10.2 Å². The Balaban J connectivity index is 1.88. The first-order valence-corrected chi connectivity index (χ1v) is 8.43. The maximum atomic E-state index is 12.1. The molecule has 5 nitrogen and oxygen atoms in total. The molecule has 0 radical (unpaired) electrons. The third-order valence-electron chi connectivity index (χ3n) is 3.28. The van der Waals surface area contributed by atoms with E-state index < -0.39 is 10.2 Å². The van der Waals surface area contributed by atoms with E-state index >= 15 is 0 Å². The Morgan fingerprint density at radius 2 is 1.71 bits per heavy atom. The van der Waals surface area contributed by atoms with Gasteiger partial charge in [0.05, 0.1) is 13.2 Å². The van der Waals surface area contributed by atoms with Gasteiger partial charge in [-0.15, -0.1) is 0 Å². The Morgan fingerprint density at radius 1 is 1.12 bits per heavy atom. The van der Waals surface area contributed by atoms with Gasteiger partial charge < -0.3 is 4.74 Å². The quantitative estimate of drug-likeness (QED) is 0.782. The van der Waals surface area contributed by atoms with Crippen molar-refractivity contribution in [2.24, 2.45) is 0 Å². The van der Waals surface area contributed by atoms with Gasteiger partial charge in [-0.1, -0.05) is 15.9 Å². The highest BCUT2D eigenvalue weighted by Crippen LogP contribution is 2.24. The highest BCUT2D eigenvalue weighted by atomic mass is 79.9. The summed E-state index contributed by atoms with van der Waals surface area (Å²) < 4.78 is 33.6. The van der Waals surface area contributed by atoms with E-state index in [9.17, 15) is 8.42 Å². The molecule has 1 aliphatic carbocycles. The minimum Gasteiger partial charge on any atom is -0.379 e. The lowest BCUT2D eigenvalue weighted by atomic mass is 9.96. The number of ether oxygens (including phenoxy) is 1. The van der Waals surface area contributed by atoms with E-state index in [1.807, 2.05) is 0 Å². The number of hydrogen-bond acceptors (Lipinski definition) is 3. The van der Waals surface area contributed by atoms with Crippen LogP contribution in [0.5, 0.6) is 0 Å². The minimum atomic E-state index is -3.31. The normalized spacial score (nSPS) is 32.5. The van der Waals surface area contributed by atoms with E-state index in [2.05, 4.69) is 20.7 Å². The van der Waals surface area contributed by atoms with Crippen LogP contribution in [0.4, 0.5) is 0 Å². The summed E-state index contributed by atoms with van der Waals surface area (Å²) in [4.78, 5) is 0.548. The molecule has 17 heavy (non-hydrogen) atoms. The Labute approximate surface area is 111 Å².